The number of amides is 2. The second-order valence-electron chi connectivity index (χ2n) is 8.06. The highest BCUT2D eigenvalue weighted by molar-refractivity contribution is 5.98. The van der Waals surface area contributed by atoms with Crippen molar-refractivity contribution in [2.45, 2.75) is 58.0 Å². The van der Waals surface area contributed by atoms with Crippen LogP contribution >= 0.6 is 0 Å². The van der Waals surface area contributed by atoms with Crippen LogP contribution < -0.4 is 0 Å². The fourth-order valence-corrected chi connectivity index (χ4v) is 4.96. The molecule has 26 heavy (non-hydrogen) atoms. The predicted octanol–water partition coefficient (Wildman–Crippen LogP) is 3.48. The van der Waals surface area contributed by atoms with Gasteiger partial charge in [0.15, 0.2) is 0 Å². The highest BCUT2D eigenvalue weighted by Crippen LogP contribution is 2.40. The summed E-state index contributed by atoms with van der Waals surface area (Å²) in [6.45, 7) is 7.43. The molecule has 0 aliphatic carbocycles. The Morgan fingerprint density at radius 3 is 2.77 bits per heavy atom. The largest absolute Gasteiger partial charge is 0.351 e. The first-order valence-electron chi connectivity index (χ1n) is 9.59. The van der Waals surface area contributed by atoms with Crippen molar-refractivity contribution in [3.8, 4) is 0 Å². The number of rotatable bonds is 1. The van der Waals surface area contributed by atoms with Gasteiger partial charge in [-0.05, 0) is 57.2 Å². The van der Waals surface area contributed by atoms with Gasteiger partial charge in [0, 0.05) is 30.9 Å². The molecule has 3 heterocycles. The first kappa shape index (κ1) is 17.1. The molecule has 2 saturated heterocycles. The molecule has 0 bridgehead atoms. The molecule has 2 aliphatic heterocycles. The fourth-order valence-electron chi connectivity index (χ4n) is 4.96. The molecule has 0 radical (unpaired) electrons. The van der Waals surface area contributed by atoms with Crippen molar-refractivity contribution in [3.05, 3.63) is 35.5 Å². The van der Waals surface area contributed by atoms with Crippen LogP contribution in [0, 0.1) is 6.92 Å². The third-order valence-electron chi connectivity index (χ3n) is 6.31. The third-order valence-corrected chi connectivity index (χ3v) is 6.31. The van der Waals surface area contributed by atoms with Gasteiger partial charge in [0.2, 0.25) is 5.91 Å². The minimum Gasteiger partial charge on any atom is -0.351 e. The van der Waals surface area contributed by atoms with Crippen LogP contribution in [-0.4, -0.2) is 51.3 Å². The third kappa shape index (κ3) is 2.61. The summed E-state index contributed by atoms with van der Waals surface area (Å²) >= 11 is 0. The monoisotopic (exact) mass is 353 g/mol. The van der Waals surface area contributed by atoms with E-state index < -0.39 is 0 Å². The van der Waals surface area contributed by atoms with Gasteiger partial charge in [-0.15, -0.1) is 0 Å². The first-order chi connectivity index (χ1) is 12.4. The number of carbonyl (C=O) groups excluding carboxylic acids is 2. The summed E-state index contributed by atoms with van der Waals surface area (Å²) in [6.07, 6.45) is 3.82. The summed E-state index contributed by atoms with van der Waals surface area (Å²) in [5.41, 5.74) is 2.54. The molecule has 0 unspecified atom stereocenters. The van der Waals surface area contributed by atoms with Crippen LogP contribution in [0.5, 0.6) is 0 Å². The van der Waals surface area contributed by atoms with E-state index in [-0.39, 0.29) is 23.4 Å². The normalized spacial score (nSPS) is 26.0. The predicted molar refractivity (Wildman–Crippen MR) is 102 cm³/mol. The van der Waals surface area contributed by atoms with Gasteiger partial charge in [-0.3, -0.25) is 9.59 Å². The van der Waals surface area contributed by atoms with Crippen molar-refractivity contribution in [2.24, 2.45) is 0 Å². The molecule has 2 aliphatic rings. The molecule has 2 fully saturated rings. The molecule has 4 rings (SSSR count). The van der Waals surface area contributed by atoms with Gasteiger partial charge in [0.1, 0.15) is 5.69 Å². The van der Waals surface area contributed by atoms with E-state index in [1.165, 1.54) is 5.56 Å². The average molecular weight is 353 g/mol. The Balaban J connectivity index is 1.68. The zero-order valence-corrected chi connectivity index (χ0v) is 15.8. The van der Waals surface area contributed by atoms with E-state index >= 15 is 0 Å². The number of carbonyl (C=O) groups is 2. The Morgan fingerprint density at radius 1 is 1.19 bits per heavy atom. The van der Waals surface area contributed by atoms with Crippen LogP contribution in [0.15, 0.2) is 24.3 Å². The van der Waals surface area contributed by atoms with Gasteiger partial charge < -0.3 is 14.8 Å². The molecule has 138 valence electrons. The van der Waals surface area contributed by atoms with E-state index in [0.29, 0.717) is 5.69 Å². The van der Waals surface area contributed by atoms with E-state index in [1.54, 1.807) is 6.92 Å². The number of likely N-dealkylation sites (tertiary alicyclic amines) is 2. The van der Waals surface area contributed by atoms with Gasteiger partial charge in [-0.2, -0.15) is 0 Å². The number of nitrogens with one attached hydrogen (secondary N) is 1. The molecule has 2 amide bonds. The van der Waals surface area contributed by atoms with Gasteiger partial charge in [-0.25, -0.2) is 0 Å². The lowest BCUT2D eigenvalue weighted by Crippen LogP contribution is -2.68. The van der Waals surface area contributed by atoms with Gasteiger partial charge >= 0.3 is 0 Å². The number of fused-ring (bicyclic) bond motifs is 2. The van der Waals surface area contributed by atoms with Crippen LogP contribution in [0.2, 0.25) is 0 Å². The van der Waals surface area contributed by atoms with Crippen LogP contribution in [0.25, 0.3) is 10.9 Å². The van der Waals surface area contributed by atoms with Crippen LogP contribution in [0.3, 0.4) is 0 Å². The maximum absolute atomic E-state index is 13.4. The molecule has 2 atom stereocenters. The van der Waals surface area contributed by atoms with E-state index in [9.17, 15) is 9.59 Å². The summed E-state index contributed by atoms with van der Waals surface area (Å²) in [5, 5.41) is 1.06. The van der Waals surface area contributed by atoms with E-state index in [4.69, 9.17) is 0 Å². The number of hydrogen-bond donors (Lipinski definition) is 1. The van der Waals surface area contributed by atoms with Gasteiger partial charge in [0.25, 0.3) is 5.91 Å². The lowest BCUT2D eigenvalue weighted by atomic mass is 9.76. The smallest absolute Gasteiger partial charge is 0.270 e. The van der Waals surface area contributed by atoms with Crippen molar-refractivity contribution in [3.63, 3.8) is 0 Å². The molecule has 5 heteroatoms. The van der Waals surface area contributed by atoms with Crippen LogP contribution in [0.4, 0.5) is 0 Å². The minimum absolute atomic E-state index is 0.0523. The van der Waals surface area contributed by atoms with E-state index in [1.807, 2.05) is 15.9 Å². The summed E-state index contributed by atoms with van der Waals surface area (Å²) in [6, 6.07) is 8.27. The summed E-state index contributed by atoms with van der Waals surface area (Å²) in [7, 11) is 0. The standard InChI is InChI=1S/C21H27N3O2/c1-14-7-8-16-13-18(22-17(16)12-14)20(26)24-11-4-6-19-21(24,3)9-5-10-23(19)15(2)25/h7-8,12-13,19,22H,4-6,9-11H2,1-3H3/t19-,21+/m1/s1. The Kier molecular flexibility index (Phi) is 4.05. The average Bonchev–Trinajstić information content (AvgIpc) is 3.02. The van der Waals surface area contributed by atoms with E-state index in [2.05, 4.69) is 37.0 Å². The Morgan fingerprint density at radius 2 is 2.00 bits per heavy atom. The molecular weight excluding hydrogens is 326 g/mol. The second-order valence-corrected chi connectivity index (χ2v) is 8.06. The van der Waals surface area contributed by atoms with Crippen molar-refractivity contribution in [1.29, 1.82) is 0 Å². The number of aryl methyl sites for hydroxylation is 1. The molecule has 1 N–H and O–H groups in total. The first-order valence-corrected chi connectivity index (χ1v) is 9.59. The molecular formula is C21H27N3O2. The Hall–Kier alpha value is -2.30. The van der Waals surface area contributed by atoms with Crippen molar-refractivity contribution >= 4 is 22.7 Å². The lowest BCUT2D eigenvalue weighted by Gasteiger charge is -2.56. The summed E-state index contributed by atoms with van der Waals surface area (Å²) < 4.78 is 0. The number of hydrogen-bond acceptors (Lipinski definition) is 2. The maximum Gasteiger partial charge on any atom is 0.270 e. The highest BCUT2D eigenvalue weighted by Gasteiger charge is 2.49. The molecule has 0 saturated carbocycles. The molecule has 1 aromatic heterocycles. The molecule has 1 aromatic carbocycles. The van der Waals surface area contributed by atoms with Gasteiger partial charge in [0.05, 0.1) is 11.6 Å². The SMILES string of the molecule is CC(=O)N1CCC[C@@]2(C)[C@H]1CCCN2C(=O)c1cc2ccc(C)cc2[nH]1. The zero-order valence-electron chi connectivity index (χ0n) is 15.8. The number of piperidine rings is 2. The summed E-state index contributed by atoms with van der Waals surface area (Å²) in [4.78, 5) is 32.8. The Labute approximate surface area is 154 Å². The van der Waals surface area contributed by atoms with Crippen molar-refractivity contribution in [1.82, 2.24) is 14.8 Å². The minimum atomic E-state index is -0.285. The quantitative estimate of drug-likeness (QED) is 0.853. The zero-order chi connectivity index (χ0) is 18.5. The number of nitrogens with zero attached hydrogens (tertiary/aromatic N) is 2. The van der Waals surface area contributed by atoms with Crippen LogP contribution in [0.1, 0.15) is 55.6 Å². The van der Waals surface area contributed by atoms with E-state index in [0.717, 1.165) is 49.7 Å². The Bertz CT molecular complexity index is 871. The number of H-pyrrole nitrogens is 1. The molecule has 0 spiro atoms. The van der Waals surface area contributed by atoms with Crippen molar-refractivity contribution in [2.75, 3.05) is 13.1 Å². The fraction of sp³-hybridized carbons (Fsp3) is 0.524. The number of aromatic nitrogens is 1. The highest BCUT2D eigenvalue weighted by atomic mass is 16.2. The lowest BCUT2D eigenvalue weighted by molar-refractivity contribution is -0.140. The van der Waals surface area contributed by atoms with Crippen LogP contribution in [-0.2, 0) is 4.79 Å². The summed E-state index contributed by atoms with van der Waals surface area (Å²) in [5.74, 6) is 0.174. The number of benzene rings is 1. The number of aromatic amines is 1. The maximum atomic E-state index is 13.4. The second kappa shape index (κ2) is 6.15. The topological polar surface area (TPSA) is 56.4 Å². The molecule has 2 aromatic rings. The van der Waals surface area contributed by atoms with Gasteiger partial charge in [-0.1, -0.05) is 12.1 Å². The molecule has 5 nitrogen and oxygen atoms in total. The van der Waals surface area contributed by atoms with Crippen molar-refractivity contribution < 1.29 is 9.59 Å².